The van der Waals surface area contributed by atoms with Gasteiger partial charge >= 0.3 is 11.8 Å². The van der Waals surface area contributed by atoms with Crippen molar-refractivity contribution in [3.8, 4) is 16.9 Å². The Morgan fingerprint density at radius 1 is 1.04 bits per heavy atom. The minimum atomic E-state index is -4.95. The van der Waals surface area contributed by atoms with Gasteiger partial charge in [0.25, 0.3) is 0 Å². The molecule has 0 radical (unpaired) electrons. The number of ether oxygens (including phenoxy) is 1. The molecule has 0 spiro atoms. The van der Waals surface area contributed by atoms with Gasteiger partial charge in [0, 0.05) is 10.9 Å². The van der Waals surface area contributed by atoms with Crippen LogP contribution >= 0.6 is 0 Å². The smallest absolute Gasteiger partial charge is 0.424 e. The van der Waals surface area contributed by atoms with Crippen LogP contribution in [-0.4, -0.2) is 7.11 Å². The van der Waals surface area contributed by atoms with Gasteiger partial charge in [0.05, 0.1) is 7.11 Å². The molecule has 124 valence electrons. The van der Waals surface area contributed by atoms with Gasteiger partial charge in [-0.3, -0.25) is 0 Å². The fraction of sp³-hybridized carbons (Fsp3) is 0.118. The van der Waals surface area contributed by atoms with E-state index in [0.717, 1.165) is 18.2 Å². The second-order valence-electron chi connectivity index (χ2n) is 5.01. The van der Waals surface area contributed by atoms with Crippen molar-refractivity contribution in [3.63, 3.8) is 0 Å². The minimum Gasteiger partial charge on any atom is -0.497 e. The van der Waals surface area contributed by atoms with Gasteiger partial charge in [0.2, 0.25) is 0 Å². The number of methoxy groups -OCH3 is 1. The molecule has 1 heterocycles. The summed E-state index contributed by atoms with van der Waals surface area (Å²) < 4.78 is 63.4. The van der Waals surface area contributed by atoms with Gasteiger partial charge < -0.3 is 9.15 Å². The largest absolute Gasteiger partial charge is 0.497 e. The third kappa shape index (κ3) is 2.73. The Hall–Kier alpha value is -2.83. The number of fused-ring (bicyclic) bond motifs is 1. The summed E-state index contributed by atoms with van der Waals surface area (Å²) in [5.74, 6) is -0.301. The normalized spacial score (nSPS) is 11.7. The van der Waals surface area contributed by atoms with Crippen LogP contribution in [0.1, 0.15) is 5.56 Å². The Kier molecular flexibility index (Phi) is 3.79. The van der Waals surface area contributed by atoms with Crippen molar-refractivity contribution >= 4 is 11.0 Å². The maximum Gasteiger partial charge on any atom is 0.424 e. The summed E-state index contributed by atoms with van der Waals surface area (Å²) in [5, 5.41) is -0.132. The average molecular weight is 338 g/mol. The lowest BCUT2D eigenvalue weighted by Crippen LogP contribution is -2.20. The van der Waals surface area contributed by atoms with Gasteiger partial charge in [0.15, 0.2) is 0 Å². The summed E-state index contributed by atoms with van der Waals surface area (Å²) in [4.78, 5) is 11.9. The van der Waals surface area contributed by atoms with Crippen LogP contribution < -0.4 is 10.4 Å². The quantitative estimate of drug-likeness (QED) is 0.505. The molecule has 0 unspecified atom stereocenters. The molecule has 0 fully saturated rings. The van der Waals surface area contributed by atoms with Gasteiger partial charge in [-0.15, -0.1) is 0 Å². The SMILES string of the molecule is COc1ccc(-c2c(C(F)(F)F)c(=O)oc3ccc(F)cc23)cc1. The van der Waals surface area contributed by atoms with Crippen LogP contribution in [0.15, 0.2) is 51.7 Å². The fourth-order valence-electron chi connectivity index (χ4n) is 2.49. The number of rotatable bonds is 2. The summed E-state index contributed by atoms with van der Waals surface area (Å²) in [6, 6.07) is 8.69. The lowest BCUT2D eigenvalue weighted by Gasteiger charge is -2.14. The summed E-state index contributed by atoms with van der Waals surface area (Å²) in [7, 11) is 1.41. The topological polar surface area (TPSA) is 39.4 Å². The average Bonchev–Trinajstić information content (AvgIpc) is 2.53. The molecule has 0 N–H and O–H groups in total. The molecule has 24 heavy (non-hydrogen) atoms. The molecule has 0 bridgehead atoms. The van der Waals surface area contributed by atoms with Gasteiger partial charge in [-0.25, -0.2) is 9.18 Å². The molecular formula is C17H10F4O3. The van der Waals surface area contributed by atoms with Crippen LogP contribution in [0.3, 0.4) is 0 Å². The summed E-state index contributed by atoms with van der Waals surface area (Å²) in [6.07, 6.45) is -4.95. The second kappa shape index (κ2) is 5.67. The van der Waals surface area contributed by atoms with Crippen molar-refractivity contribution in [1.29, 1.82) is 0 Å². The fourth-order valence-corrected chi connectivity index (χ4v) is 2.49. The van der Waals surface area contributed by atoms with E-state index in [0.29, 0.717) is 5.75 Å². The summed E-state index contributed by atoms with van der Waals surface area (Å²) in [5.41, 5.74) is -3.43. The van der Waals surface area contributed by atoms with Crippen molar-refractivity contribution in [2.24, 2.45) is 0 Å². The predicted octanol–water partition coefficient (Wildman–Crippen LogP) is 4.63. The Morgan fingerprint density at radius 3 is 2.29 bits per heavy atom. The van der Waals surface area contributed by atoms with E-state index in [1.54, 1.807) is 0 Å². The zero-order chi connectivity index (χ0) is 17.5. The molecule has 0 saturated heterocycles. The van der Waals surface area contributed by atoms with Gasteiger partial charge in [0.1, 0.15) is 22.7 Å². The van der Waals surface area contributed by atoms with Crippen LogP contribution in [0.25, 0.3) is 22.1 Å². The number of benzene rings is 2. The van der Waals surface area contributed by atoms with Crippen LogP contribution in [0.4, 0.5) is 17.6 Å². The molecule has 0 atom stereocenters. The van der Waals surface area contributed by atoms with Crippen LogP contribution in [0.5, 0.6) is 5.75 Å². The third-order valence-corrected chi connectivity index (χ3v) is 3.53. The van der Waals surface area contributed by atoms with E-state index in [-0.39, 0.29) is 16.5 Å². The first-order valence-corrected chi connectivity index (χ1v) is 6.79. The van der Waals surface area contributed by atoms with Crippen molar-refractivity contribution in [2.75, 3.05) is 7.11 Å². The highest BCUT2D eigenvalue weighted by atomic mass is 19.4. The first-order valence-electron chi connectivity index (χ1n) is 6.79. The van der Waals surface area contributed by atoms with E-state index in [9.17, 15) is 22.4 Å². The molecule has 0 aliphatic carbocycles. The van der Waals surface area contributed by atoms with Crippen LogP contribution in [0, 0.1) is 5.82 Å². The second-order valence-corrected chi connectivity index (χ2v) is 5.01. The lowest BCUT2D eigenvalue weighted by atomic mass is 9.96. The summed E-state index contributed by atoms with van der Waals surface area (Å²) >= 11 is 0. The molecule has 0 aliphatic rings. The number of hydrogen-bond donors (Lipinski definition) is 0. The molecule has 3 aromatic rings. The maximum absolute atomic E-state index is 13.6. The van der Waals surface area contributed by atoms with E-state index in [2.05, 4.69) is 0 Å². The van der Waals surface area contributed by atoms with Crippen molar-refractivity contribution < 1.29 is 26.7 Å². The van der Waals surface area contributed by atoms with Gasteiger partial charge in [-0.2, -0.15) is 13.2 Å². The first-order chi connectivity index (χ1) is 11.3. The molecule has 0 aliphatic heterocycles. The summed E-state index contributed by atoms with van der Waals surface area (Å²) in [6.45, 7) is 0. The molecule has 2 aromatic carbocycles. The molecule has 3 nitrogen and oxygen atoms in total. The Labute approximate surface area is 133 Å². The highest BCUT2D eigenvalue weighted by Gasteiger charge is 2.39. The zero-order valence-electron chi connectivity index (χ0n) is 12.3. The Balaban J connectivity index is 2.44. The molecule has 0 saturated carbocycles. The van der Waals surface area contributed by atoms with E-state index in [1.807, 2.05) is 0 Å². The standard InChI is InChI=1S/C17H10F4O3/c1-23-11-5-2-9(3-6-11)14-12-8-10(18)4-7-13(12)24-16(22)15(14)17(19,20)21/h2-8H,1H3. The van der Waals surface area contributed by atoms with Crippen molar-refractivity contribution in [1.82, 2.24) is 0 Å². The number of hydrogen-bond acceptors (Lipinski definition) is 3. The molecule has 0 amide bonds. The lowest BCUT2D eigenvalue weighted by molar-refractivity contribution is -0.139. The highest BCUT2D eigenvalue weighted by Crippen LogP contribution is 2.39. The van der Waals surface area contributed by atoms with Crippen LogP contribution in [-0.2, 0) is 6.18 Å². The monoisotopic (exact) mass is 338 g/mol. The predicted molar refractivity (Wildman–Crippen MR) is 79.4 cm³/mol. The third-order valence-electron chi connectivity index (χ3n) is 3.53. The van der Waals surface area contributed by atoms with Crippen molar-refractivity contribution in [3.05, 3.63) is 64.3 Å². The van der Waals surface area contributed by atoms with E-state index in [4.69, 9.17) is 9.15 Å². The number of alkyl halides is 3. The first kappa shape index (κ1) is 16.0. The minimum absolute atomic E-state index is 0.103. The zero-order valence-corrected chi connectivity index (χ0v) is 12.3. The molecule has 3 rings (SSSR count). The van der Waals surface area contributed by atoms with E-state index in [1.165, 1.54) is 31.4 Å². The van der Waals surface area contributed by atoms with Crippen LogP contribution in [0.2, 0.25) is 0 Å². The van der Waals surface area contributed by atoms with E-state index < -0.39 is 28.7 Å². The Bertz CT molecular complexity index is 956. The van der Waals surface area contributed by atoms with E-state index >= 15 is 0 Å². The molecule has 7 heteroatoms. The Morgan fingerprint density at radius 2 is 1.71 bits per heavy atom. The van der Waals surface area contributed by atoms with Gasteiger partial charge in [-0.05, 0) is 35.9 Å². The maximum atomic E-state index is 13.6. The highest BCUT2D eigenvalue weighted by molar-refractivity contribution is 5.95. The number of halogens is 4. The van der Waals surface area contributed by atoms with Crippen molar-refractivity contribution in [2.45, 2.75) is 6.18 Å². The molecule has 1 aromatic heterocycles. The molecular weight excluding hydrogens is 328 g/mol. The van der Waals surface area contributed by atoms with Gasteiger partial charge in [-0.1, -0.05) is 12.1 Å².